The Labute approximate surface area is 130 Å². The monoisotopic (exact) mass is 308 g/mol. The number of hydrogen-bond acceptors (Lipinski definition) is 4. The molecule has 2 aliphatic heterocycles. The summed E-state index contributed by atoms with van der Waals surface area (Å²) in [6, 6.07) is -0.000306. The fraction of sp³-hybridized carbons (Fsp3) is 0.800. The molecule has 3 fully saturated rings. The highest BCUT2D eigenvalue weighted by Gasteiger charge is 2.49. The number of carbonyl (C=O) groups is 3. The van der Waals surface area contributed by atoms with E-state index in [-0.39, 0.29) is 17.7 Å². The van der Waals surface area contributed by atoms with Crippen molar-refractivity contribution in [2.75, 3.05) is 26.7 Å². The van der Waals surface area contributed by atoms with Crippen molar-refractivity contribution in [1.29, 1.82) is 0 Å². The zero-order valence-corrected chi connectivity index (χ0v) is 13.2. The maximum absolute atomic E-state index is 12.3. The first-order valence-corrected chi connectivity index (χ1v) is 8.02. The SMILES string of the molecule is CN(C(=O)CN1CCC[C@@H]([C@@]2(C)NC(=O)NC2=O)C1)C1CC1. The van der Waals surface area contributed by atoms with Crippen molar-refractivity contribution in [3.05, 3.63) is 0 Å². The zero-order valence-electron chi connectivity index (χ0n) is 13.2. The third-order valence-electron chi connectivity index (χ3n) is 5.24. The molecule has 4 amide bonds. The van der Waals surface area contributed by atoms with E-state index < -0.39 is 11.6 Å². The Kier molecular flexibility index (Phi) is 3.84. The predicted molar refractivity (Wildman–Crippen MR) is 80.0 cm³/mol. The molecule has 0 radical (unpaired) electrons. The number of urea groups is 1. The molecule has 2 N–H and O–H groups in total. The number of amides is 4. The second-order valence-electron chi connectivity index (χ2n) is 6.92. The fourth-order valence-electron chi connectivity index (χ4n) is 3.48. The molecule has 3 aliphatic rings. The van der Waals surface area contributed by atoms with Gasteiger partial charge in [-0.2, -0.15) is 0 Å². The first kappa shape index (κ1) is 15.3. The van der Waals surface area contributed by atoms with Crippen molar-refractivity contribution < 1.29 is 14.4 Å². The van der Waals surface area contributed by atoms with Gasteiger partial charge in [0, 0.05) is 25.6 Å². The number of nitrogens with zero attached hydrogens (tertiary/aromatic N) is 2. The number of rotatable bonds is 4. The summed E-state index contributed by atoms with van der Waals surface area (Å²) in [7, 11) is 1.87. The van der Waals surface area contributed by atoms with Gasteiger partial charge in [0.15, 0.2) is 0 Å². The van der Waals surface area contributed by atoms with Gasteiger partial charge in [0.1, 0.15) is 5.54 Å². The van der Waals surface area contributed by atoms with Crippen molar-refractivity contribution in [2.24, 2.45) is 5.92 Å². The van der Waals surface area contributed by atoms with E-state index in [1.165, 1.54) is 0 Å². The molecule has 3 rings (SSSR count). The van der Waals surface area contributed by atoms with Gasteiger partial charge in [-0.15, -0.1) is 0 Å². The maximum atomic E-state index is 12.3. The van der Waals surface area contributed by atoms with E-state index in [1.807, 2.05) is 11.9 Å². The molecule has 2 saturated heterocycles. The molecule has 0 spiro atoms. The lowest BCUT2D eigenvalue weighted by Gasteiger charge is -2.39. The summed E-state index contributed by atoms with van der Waals surface area (Å²) in [4.78, 5) is 39.7. The highest BCUT2D eigenvalue weighted by atomic mass is 16.2. The number of hydrogen-bond donors (Lipinski definition) is 2. The fourth-order valence-corrected chi connectivity index (χ4v) is 3.48. The molecular weight excluding hydrogens is 284 g/mol. The van der Waals surface area contributed by atoms with E-state index in [0.29, 0.717) is 19.1 Å². The van der Waals surface area contributed by atoms with Crippen molar-refractivity contribution in [3.63, 3.8) is 0 Å². The molecule has 0 aromatic rings. The van der Waals surface area contributed by atoms with Gasteiger partial charge in [-0.05, 0) is 39.2 Å². The molecule has 2 atom stereocenters. The summed E-state index contributed by atoms with van der Waals surface area (Å²) in [6.45, 7) is 3.70. The number of piperidine rings is 1. The van der Waals surface area contributed by atoms with Crippen LogP contribution in [-0.4, -0.2) is 65.9 Å². The third-order valence-corrected chi connectivity index (χ3v) is 5.24. The Hall–Kier alpha value is -1.63. The molecule has 0 aromatic heterocycles. The van der Waals surface area contributed by atoms with Crippen molar-refractivity contribution >= 4 is 17.8 Å². The average Bonchev–Trinajstić information content (AvgIpc) is 3.27. The van der Waals surface area contributed by atoms with E-state index in [0.717, 1.165) is 32.2 Å². The van der Waals surface area contributed by atoms with Gasteiger partial charge in [0.25, 0.3) is 5.91 Å². The van der Waals surface area contributed by atoms with Crippen LogP contribution in [0.15, 0.2) is 0 Å². The summed E-state index contributed by atoms with van der Waals surface area (Å²) < 4.78 is 0. The van der Waals surface area contributed by atoms with Crippen LogP contribution in [0, 0.1) is 5.92 Å². The molecule has 122 valence electrons. The van der Waals surface area contributed by atoms with Crippen LogP contribution in [0.2, 0.25) is 0 Å². The van der Waals surface area contributed by atoms with Gasteiger partial charge in [-0.25, -0.2) is 4.79 Å². The number of likely N-dealkylation sites (tertiary alicyclic amines) is 1. The first-order chi connectivity index (χ1) is 10.4. The van der Waals surface area contributed by atoms with Gasteiger partial charge in [-0.1, -0.05) is 0 Å². The topological polar surface area (TPSA) is 81.8 Å². The predicted octanol–water partition coefficient (Wildman–Crippen LogP) is -0.0827. The second kappa shape index (κ2) is 5.53. The van der Waals surface area contributed by atoms with Crippen LogP contribution >= 0.6 is 0 Å². The number of imide groups is 1. The minimum absolute atomic E-state index is 0.0340. The van der Waals surface area contributed by atoms with E-state index in [4.69, 9.17) is 0 Å². The third kappa shape index (κ3) is 2.82. The quantitative estimate of drug-likeness (QED) is 0.712. The molecule has 22 heavy (non-hydrogen) atoms. The Balaban J connectivity index is 1.60. The molecule has 0 aromatic carbocycles. The molecule has 0 unspecified atom stereocenters. The summed E-state index contributed by atoms with van der Waals surface area (Å²) in [5.41, 5.74) is -0.860. The van der Waals surface area contributed by atoms with Crippen molar-refractivity contribution in [1.82, 2.24) is 20.4 Å². The normalized spacial score (nSPS) is 32.5. The number of nitrogens with one attached hydrogen (secondary N) is 2. The van der Waals surface area contributed by atoms with E-state index in [2.05, 4.69) is 15.5 Å². The molecule has 7 heteroatoms. The molecule has 0 bridgehead atoms. The Morgan fingerprint density at radius 3 is 2.68 bits per heavy atom. The van der Waals surface area contributed by atoms with Crippen LogP contribution in [0.1, 0.15) is 32.6 Å². The summed E-state index contributed by atoms with van der Waals surface area (Å²) in [5.74, 6) is -0.0780. The largest absolute Gasteiger partial charge is 0.342 e. The average molecular weight is 308 g/mol. The van der Waals surface area contributed by atoms with Gasteiger partial charge in [0.05, 0.1) is 6.54 Å². The molecule has 2 heterocycles. The number of carbonyl (C=O) groups excluding carboxylic acids is 3. The van der Waals surface area contributed by atoms with Gasteiger partial charge in [0.2, 0.25) is 5.91 Å². The summed E-state index contributed by atoms with van der Waals surface area (Å²) in [5, 5.41) is 5.07. The van der Waals surface area contributed by atoms with Crippen LogP contribution in [0.5, 0.6) is 0 Å². The maximum Gasteiger partial charge on any atom is 0.322 e. The lowest BCUT2D eigenvalue weighted by Crippen LogP contribution is -2.56. The summed E-state index contributed by atoms with van der Waals surface area (Å²) in [6.07, 6.45) is 4.03. The van der Waals surface area contributed by atoms with Crippen LogP contribution in [0.25, 0.3) is 0 Å². The lowest BCUT2D eigenvalue weighted by atomic mass is 9.80. The molecule has 7 nitrogen and oxygen atoms in total. The second-order valence-corrected chi connectivity index (χ2v) is 6.92. The van der Waals surface area contributed by atoms with E-state index in [9.17, 15) is 14.4 Å². The van der Waals surface area contributed by atoms with Gasteiger partial charge >= 0.3 is 6.03 Å². The Morgan fingerprint density at radius 2 is 2.09 bits per heavy atom. The van der Waals surface area contributed by atoms with Crippen LogP contribution in [0.3, 0.4) is 0 Å². The molecular formula is C15H24N4O3. The molecule has 1 aliphatic carbocycles. The molecule has 1 saturated carbocycles. The highest BCUT2D eigenvalue weighted by Crippen LogP contribution is 2.30. The van der Waals surface area contributed by atoms with Gasteiger partial charge < -0.3 is 10.2 Å². The number of likely N-dealkylation sites (N-methyl/N-ethyl adjacent to an activating group) is 1. The minimum atomic E-state index is -0.860. The van der Waals surface area contributed by atoms with E-state index in [1.54, 1.807) is 6.92 Å². The van der Waals surface area contributed by atoms with Gasteiger partial charge in [-0.3, -0.25) is 19.8 Å². The van der Waals surface area contributed by atoms with E-state index >= 15 is 0 Å². The Morgan fingerprint density at radius 1 is 1.36 bits per heavy atom. The zero-order chi connectivity index (χ0) is 15.9. The standard InChI is InChI=1S/C15H24N4O3/c1-15(13(21)16-14(22)17-15)10-4-3-7-19(8-10)9-12(20)18(2)11-5-6-11/h10-11H,3-9H2,1-2H3,(H2,16,17,21,22)/t10-,15-/m1/s1. The van der Waals surface area contributed by atoms with Crippen molar-refractivity contribution in [3.8, 4) is 0 Å². The lowest BCUT2D eigenvalue weighted by molar-refractivity contribution is -0.132. The highest BCUT2D eigenvalue weighted by molar-refractivity contribution is 6.07. The first-order valence-electron chi connectivity index (χ1n) is 8.02. The Bertz CT molecular complexity index is 505. The van der Waals surface area contributed by atoms with Crippen LogP contribution in [0.4, 0.5) is 4.79 Å². The van der Waals surface area contributed by atoms with Crippen LogP contribution in [-0.2, 0) is 9.59 Å². The van der Waals surface area contributed by atoms with Crippen molar-refractivity contribution in [2.45, 2.75) is 44.2 Å². The van der Waals surface area contributed by atoms with Crippen LogP contribution < -0.4 is 10.6 Å². The minimum Gasteiger partial charge on any atom is -0.342 e. The smallest absolute Gasteiger partial charge is 0.322 e. The summed E-state index contributed by atoms with van der Waals surface area (Å²) >= 11 is 0.